The molecule has 3 heterocycles. The van der Waals surface area contributed by atoms with E-state index in [4.69, 9.17) is 0 Å². The van der Waals surface area contributed by atoms with Crippen molar-refractivity contribution in [1.82, 2.24) is 14.8 Å². The van der Waals surface area contributed by atoms with Crippen LogP contribution < -0.4 is 0 Å². The zero-order valence-corrected chi connectivity index (χ0v) is 17.9. The Bertz CT molecular complexity index is 821. The molecule has 0 bridgehead atoms. The van der Waals surface area contributed by atoms with E-state index in [9.17, 15) is 4.79 Å². The van der Waals surface area contributed by atoms with Crippen LogP contribution in [0.25, 0.3) is 0 Å². The van der Waals surface area contributed by atoms with Crippen LogP contribution in [0.3, 0.4) is 0 Å². The van der Waals surface area contributed by atoms with Crippen LogP contribution in [-0.2, 0) is 0 Å². The molecule has 1 aromatic carbocycles. The van der Waals surface area contributed by atoms with Gasteiger partial charge in [-0.05, 0) is 37.1 Å². The van der Waals surface area contributed by atoms with Gasteiger partial charge in [0.1, 0.15) is 5.69 Å². The molecular weight excluding hydrogens is 374 g/mol. The minimum Gasteiger partial charge on any atom is -0.330 e. The van der Waals surface area contributed by atoms with E-state index in [-0.39, 0.29) is 11.9 Å². The van der Waals surface area contributed by atoms with Gasteiger partial charge >= 0.3 is 0 Å². The third-order valence-corrected chi connectivity index (χ3v) is 7.32. The standard InChI is InChI=1S/C21H27N3OS2/c1-14-6-4-5-7-17(14)20-18-12-23(8-9-26-3)10-16(18)11-24(20)21(25)19-13-27-15(2)22-19/h4-7,13,16,18,20H,8-12H2,1-3H3/t16-,18-,20-/m0/s1. The normalized spacial score (nSPS) is 25.1. The Balaban J connectivity index is 1.64. The second-order valence-corrected chi connectivity index (χ2v) is 9.73. The van der Waals surface area contributed by atoms with Crippen molar-refractivity contribution in [3.8, 4) is 0 Å². The molecule has 2 fully saturated rings. The number of aromatic nitrogens is 1. The SMILES string of the molecule is CSCCN1C[C@H]2CN(C(=O)c3csc(C)n3)[C@@H](c3ccccc3C)[C@H]2C1. The van der Waals surface area contributed by atoms with Crippen LogP contribution in [0.1, 0.15) is 32.7 Å². The summed E-state index contributed by atoms with van der Waals surface area (Å²) in [4.78, 5) is 22.5. The van der Waals surface area contributed by atoms with Gasteiger partial charge in [-0.15, -0.1) is 11.3 Å². The molecule has 3 atom stereocenters. The second-order valence-electron chi connectivity index (χ2n) is 7.69. The Labute approximate surface area is 170 Å². The third-order valence-electron chi connectivity index (χ3n) is 5.96. The minimum absolute atomic E-state index is 0.0951. The molecule has 2 aliphatic rings. The summed E-state index contributed by atoms with van der Waals surface area (Å²) >= 11 is 3.46. The fraction of sp³-hybridized carbons (Fsp3) is 0.524. The highest BCUT2D eigenvalue weighted by Crippen LogP contribution is 2.46. The number of hydrogen-bond acceptors (Lipinski definition) is 5. The average molecular weight is 402 g/mol. The summed E-state index contributed by atoms with van der Waals surface area (Å²) in [6.07, 6.45) is 2.17. The van der Waals surface area contributed by atoms with Crippen molar-refractivity contribution < 1.29 is 4.79 Å². The molecule has 27 heavy (non-hydrogen) atoms. The number of rotatable bonds is 5. The molecule has 1 aromatic heterocycles. The summed E-state index contributed by atoms with van der Waals surface area (Å²) in [6, 6.07) is 8.72. The molecule has 0 radical (unpaired) electrons. The van der Waals surface area contributed by atoms with Crippen LogP contribution in [0, 0.1) is 25.7 Å². The monoisotopic (exact) mass is 401 g/mol. The molecule has 0 spiro atoms. The third kappa shape index (κ3) is 3.67. The first-order chi connectivity index (χ1) is 13.1. The van der Waals surface area contributed by atoms with E-state index >= 15 is 0 Å². The van der Waals surface area contributed by atoms with Crippen molar-refractivity contribution in [1.29, 1.82) is 0 Å². The number of aryl methyl sites for hydroxylation is 2. The highest BCUT2D eigenvalue weighted by atomic mass is 32.2. The van der Waals surface area contributed by atoms with Crippen molar-refractivity contribution in [2.75, 3.05) is 38.2 Å². The lowest BCUT2D eigenvalue weighted by Crippen LogP contribution is -2.36. The van der Waals surface area contributed by atoms with E-state index in [1.165, 1.54) is 16.9 Å². The van der Waals surface area contributed by atoms with Gasteiger partial charge in [0, 0.05) is 43.2 Å². The predicted octanol–water partition coefficient (Wildman–Crippen LogP) is 3.87. The van der Waals surface area contributed by atoms with Crippen molar-refractivity contribution >= 4 is 29.0 Å². The van der Waals surface area contributed by atoms with Crippen LogP contribution in [0.5, 0.6) is 0 Å². The van der Waals surface area contributed by atoms with Gasteiger partial charge in [-0.1, -0.05) is 24.3 Å². The smallest absolute Gasteiger partial charge is 0.273 e. The van der Waals surface area contributed by atoms with Crippen molar-refractivity contribution in [3.05, 3.63) is 51.5 Å². The fourth-order valence-corrected chi connectivity index (χ4v) is 5.70. The number of hydrogen-bond donors (Lipinski definition) is 0. The van der Waals surface area contributed by atoms with E-state index in [1.54, 1.807) is 11.3 Å². The van der Waals surface area contributed by atoms with E-state index < -0.39 is 0 Å². The van der Waals surface area contributed by atoms with Gasteiger partial charge in [-0.25, -0.2) is 4.98 Å². The molecule has 0 saturated carbocycles. The summed E-state index contributed by atoms with van der Waals surface area (Å²) in [5.41, 5.74) is 3.19. The van der Waals surface area contributed by atoms with Gasteiger partial charge in [-0.2, -0.15) is 11.8 Å². The summed E-state index contributed by atoms with van der Waals surface area (Å²) in [7, 11) is 0. The first kappa shape index (κ1) is 19.0. The second kappa shape index (κ2) is 7.94. The number of thiazole rings is 1. The van der Waals surface area contributed by atoms with Crippen LogP contribution in [-0.4, -0.2) is 58.9 Å². The molecule has 4 rings (SSSR count). The summed E-state index contributed by atoms with van der Waals surface area (Å²) < 4.78 is 0. The Morgan fingerprint density at radius 1 is 1.26 bits per heavy atom. The largest absolute Gasteiger partial charge is 0.330 e. The van der Waals surface area contributed by atoms with Gasteiger partial charge in [0.25, 0.3) is 5.91 Å². The molecule has 6 heteroatoms. The number of amides is 1. The molecule has 2 saturated heterocycles. The van der Waals surface area contributed by atoms with Gasteiger partial charge < -0.3 is 9.80 Å². The average Bonchev–Trinajstić information content (AvgIpc) is 3.34. The van der Waals surface area contributed by atoms with Crippen LogP contribution in [0.15, 0.2) is 29.6 Å². The molecule has 0 unspecified atom stereocenters. The molecule has 1 amide bonds. The maximum atomic E-state index is 13.3. The first-order valence-corrected chi connectivity index (χ1v) is 11.9. The topological polar surface area (TPSA) is 36.4 Å². The molecule has 4 nitrogen and oxygen atoms in total. The minimum atomic E-state index is 0.0951. The quantitative estimate of drug-likeness (QED) is 0.762. The van der Waals surface area contributed by atoms with Gasteiger partial charge in [0.2, 0.25) is 0 Å². The lowest BCUT2D eigenvalue weighted by Gasteiger charge is -2.30. The Kier molecular flexibility index (Phi) is 5.58. The highest BCUT2D eigenvalue weighted by molar-refractivity contribution is 7.98. The Hall–Kier alpha value is -1.37. The zero-order valence-electron chi connectivity index (χ0n) is 16.2. The van der Waals surface area contributed by atoms with Gasteiger partial charge in [0.15, 0.2) is 0 Å². The number of nitrogens with zero attached hydrogens (tertiary/aromatic N) is 3. The number of carbonyl (C=O) groups excluding carboxylic acids is 1. The molecule has 0 N–H and O–H groups in total. The fourth-order valence-electron chi connectivity index (χ4n) is 4.68. The van der Waals surface area contributed by atoms with Crippen molar-refractivity contribution in [3.63, 3.8) is 0 Å². The molecule has 0 aliphatic carbocycles. The van der Waals surface area contributed by atoms with E-state index in [0.29, 0.717) is 17.5 Å². The lowest BCUT2D eigenvalue weighted by atomic mass is 9.87. The summed E-state index contributed by atoms with van der Waals surface area (Å²) in [5, 5.41) is 2.86. The van der Waals surface area contributed by atoms with Crippen molar-refractivity contribution in [2.45, 2.75) is 19.9 Å². The number of thioether (sulfide) groups is 1. The number of likely N-dealkylation sites (tertiary alicyclic amines) is 2. The maximum absolute atomic E-state index is 13.3. The summed E-state index contributed by atoms with van der Waals surface area (Å²) in [5.74, 6) is 2.34. The molecular formula is C21H27N3OS2. The number of carbonyl (C=O) groups is 1. The predicted molar refractivity (Wildman–Crippen MR) is 114 cm³/mol. The van der Waals surface area contributed by atoms with Crippen LogP contribution in [0.4, 0.5) is 0 Å². The zero-order chi connectivity index (χ0) is 19.0. The molecule has 144 valence electrons. The van der Waals surface area contributed by atoms with Crippen LogP contribution >= 0.6 is 23.1 Å². The molecule has 2 aliphatic heterocycles. The lowest BCUT2D eigenvalue weighted by molar-refractivity contribution is 0.0696. The Morgan fingerprint density at radius 2 is 2.07 bits per heavy atom. The molecule has 2 aromatic rings. The van der Waals surface area contributed by atoms with Crippen molar-refractivity contribution in [2.24, 2.45) is 11.8 Å². The maximum Gasteiger partial charge on any atom is 0.273 e. The van der Waals surface area contributed by atoms with Gasteiger partial charge in [0.05, 0.1) is 11.0 Å². The highest BCUT2D eigenvalue weighted by Gasteiger charge is 2.49. The van der Waals surface area contributed by atoms with Crippen LogP contribution in [0.2, 0.25) is 0 Å². The van der Waals surface area contributed by atoms with E-state index in [1.807, 2.05) is 24.1 Å². The number of fused-ring (bicyclic) bond motifs is 1. The first-order valence-electron chi connectivity index (χ1n) is 9.58. The Morgan fingerprint density at radius 3 is 2.78 bits per heavy atom. The number of benzene rings is 1. The van der Waals surface area contributed by atoms with E-state index in [2.05, 4.69) is 52.2 Å². The summed E-state index contributed by atoms with van der Waals surface area (Å²) in [6.45, 7) is 8.31. The van der Waals surface area contributed by atoms with Gasteiger partial charge in [-0.3, -0.25) is 4.79 Å². The van der Waals surface area contributed by atoms with E-state index in [0.717, 1.165) is 31.2 Å².